The molecule has 0 unspecified atom stereocenters. The maximum atomic E-state index is 3.82. The lowest BCUT2D eigenvalue weighted by Crippen LogP contribution is -1.71. The molecule has 0 heterocycles. The first-order valence-corrected chi connectivity index (χ1v) is 5.80. The highest BCUT2D eigenvalue weighted by atomic mass is 13.9. The molecule has 0 fully saturated rings. The minimum Gasteiger partial charge on any atom is -0.0882 e. The first-order valence-electron chi connectivity index (χ1n) is 5.80. The van der Waals surface area contributed by atoms with Crippen molar-refractivity contribution in [3.63, 3.8) is 0 Å². The summed E-state index contributed by atoms with van der Waals surface area (Å²) in [6.45, 7) is 7.63. The van der Waals surface area contributed by atoms with E-state index >= 15 is 0 Å². The van der Waals surface area contributed by atoms with Crippen LogP contribution in [0.15, 0.2) is 24.3 Å². The molecule has 0 nitrogen and oxygen atoms in total. The molecule has 14 heavy (non-hydrogen) atoms. The molecule has 0 saturated carbocycles. The van der Waals surface area contributed by atoms with E-state index in [-0.39, 0.29) is 0 Å². The molecule has 0 aromatic carbocycles. The van der Waals surface area contributed by atoms with Gasteiger partial charge in [0, 0.05) is 0 Å². The van der Waals surface area contributed by atoms with Crippen LogP contribution in [0.5, 0.6) is 0 Å². The monoisotopic (exact) mass is 192 g/mol. The Hall–Kier alpha value is -0.520. The molecule has 0 bridgehead atoms. The van der Waals surface area contributed by atoms with Crippen molar-refractivity contribution in [3.8, 4) is 0 Å². The summed E-state index contributed by atoms with van der Waals surface area (Å²) in [6, 6.07) is 0. The molecule has 0 amide bonds. The van der Waals surface area contributed by atoms with E-state index < -0.39 is 0 Å². The third-order valence-electron chi connectivity index (χ3n) is 2.10. The van der Waals surface area contributed by atoms with E-state index in [4.69, 9.17) is 0 Å². The minimum absolute atomic E-state index is 1.05. The largest absolute Gasteiger partial charge is 0.0882 e. The summed E-state index contributed by atoms with van der Waals surface area (Å²) in [5, 5.41) is 0. The summed E-state index contributed by atoms with van der Waals surface area (Å²) in [6.07, 6.45) is 18.4. The average Bonchev–Trinajstić information content (AvgIpc) is 2.21. The van der Waals surface area contributed by atoms with Crippen molar-refractivity contribution in [2.75, 3.05) is 0 Å². The van der Waals surface area contributed by atoms with Gasteiger partial charge in [0.25, 0.3) is 0 Å². The van der Waals surface area contributed by atoms with Gasteiger partial charge in [-0.05, 0) is 32.1 Å². The molecule has 0 heteroatoms. The Morgan fingerprint density at radius 3 is 1.79 bits per heavy atom. The van der Waals surface area contributed by atoms with Crippen LogP contribution in [-0.4, -0.2) is 0 Å². The van der Waals surface area contributed by atoms with Gasteiger partial charge in [0.15, 0.2) is 0 Å². The molecule has 0 saturated heterocycles. The minimum atomic E-state index is 1.05. The topological polar surface area (TPSA) is 0 Å². The van der Waals surface area contributed by atoms with E-state index in [0.717, 1.165) is 19.3 Å². The van der Waals surface area contributed by atoms with Crippen molar-refractivity contribution in [2.45, 2.75) is 51.4 Å². The Labute approximate surface area is 90.1 Å². The number of allylic oxidation sites excluding steroid dienone is 4. The van der Waals surface area contributed by atoms with E-state index in [2.05, 4.69) is 38.2 Å². The summed E-state index contributed by atoms with van der Waals surface area (Å²) in [5.41, 5.74) is 0. The molecule has 0 aliphatic heterocycles. The fourth-order valence-corrected chi connectivity index (χ4v) is 1.21. The van der Waals surface area contributed by atoms with Crippen molar-refractivity contribution < 1.29 is 0 Å². The average molecular weight is 192 g/mol. The number of hydrogen-bond donors (Lipinski definition) is 0. The fraction of sp³-hybridized carbons (Fsp3) is 0.571. The molecule has 80 valence electrons. The molecule has 0 aliphatic rings. The molecule has 0 N–H and O–H groups in total. The normalized spacial score (nSPS) is 11.9. The van der Waals surface area contributed by atoms with Gasteiger partial charge in [-0.15, -0.1) is 0 Å². The van der Waals surface area contributed by atoms with E-state index in [1.54, 1.807) is 0 Å². The lowest BCUT2D eigenvalue weighted by molar-refractivity contribution is 0.759. The van der Waals surface area contributed by atoms with Crippen LogP contribution in [0.3, 0.4) is 0 Å². The zero-order valence-electron chi connectivity index (χ0n) is 9.38. The van der Waals surface area contributed by atoms with Crippen molar-refractivity contribution in [2.24, 2.45) is 0 Å². The SMILES string of the molecule is [CH2]CCCC=CCC=CCCCC[CH2]. The third kappa shape index (κ3) is 11.5. The molecule has 0 aromatic heterocycles. The first-order chi connectivity index (χ1) is 6.91. The van der Waals surface area contributed by atoms with Gasteiger partial charge in [0.05, 0.1) is 0 Å². The lowest BCUT2D eigenvalue weighted by atomic mass is 10.2. The van der Waals surface area contributed by atoms with Crippen LogP contribution >= 0.6 is 0 Å². The standard InChI is InChI=1S/C14H24/c1-3-5-7-9-11-13-14-12-10-8-6-4-2/h9,11-12,14H,1-8,10,13H2. The van der Waals surface area contributed by atoms with Gasteiger partial charge < -0.3 is 0 Å². The van der Waals surface area contributed by atoms with Gasteiger partial charge >= 0.3 is 0 Å². The van der Waals surface area contributed by atoms with Crippen molar-refractivity contribution in [3.05, 3.63) is 38.2 Å². The van der Waals surface area contributed by atoms with Gasteiger partial charge in [-0.3, -0.25) is 0 Å². The maximum Gasteiger partial charge on any atom is -0.0169 e. The predicted molar refractivity (Wildman–Crippen MR) is 65.9 cm³/mol. The Kier molecular flexibility index (Phi) is 12.0. The van der Waals surface area contributed by atoms with Crippen LogP contribution < -0.4 is 0 Å². The van der Waals surface area contributed by atoms with E-state index in [0.29, 0.717) is 0 Å². The highest BCUT2D eigenvalue weighted by molar-refractivity contribution is 4.92. The number of rotatable bonds is 9. The van der Waals surface area contributed by atoms with Crippen molar-refractivity contribution in [1.29, 1.82) is 0 Å². The highest BCUT2D eigenvalue weighted by Gasteiger charge is 1.81. The number of hydrogen-bond acceptors (Lipinski definition) is 0. The van der Waals surface area contributed by atoms with E-state index in [9.17, 15) is 0 Å². The Balaban J connectivity index is 3.13. The molecule has 2 radical (unpaired) electrons. The second kappa shape index (κ2) is 12.5. The molecule has 0 aromatic rings. The van der Waals surface area contributed by atoms with Crippen LogP contribution in [0.4, 0.5) is 0 Å². The van der Waals surface area contributed by atoms with Gasteiger partial charge in [0.2, 0.25) is 0 Å². The molecule has 0 atom stereocenters. The lowest BCUT2D eigenvalue weighted by Gasteiger charge is -1.91. The molecular weight excluding hydrogens is 168 g/mol. The third-order valence-corrected chi connectivity index (χ3v) is 2.10. The van der Waals surface area contributed by atoms with Gasteiger partial charge in [-0.2, -0.15) is 0 Å². The first kappa shape index (κ1) is 13.5. The Morgan fingerprint density at radius 1 is 0.643 bits per heavy atom. The summed E-state index contributed by atoms with van der Waals surface area (Å²) in [7, 11) is 0. The molecule has 0 spiro atoms. The van der Waals surface area contributed by atoms with Crippen LogP contribution in [0.1, 0.15) is 51.4 Å². The Morgan fingerprint density at radius 2 is 1.21 bits per heavy atom. The zero-order chi connectivity index (χ0) is 10.5. The molecule has 0 aliphatic carbocycles. The second-order valence-corrected chi connectivity index (χ2v) is 3.52. The summed E-state index contributed by atoms with van der Waals surface area (Å²) < 4.78 is 0. The summed E-state index contributed by atoms with van der Waals surface area (Å²) in [4.78, 5) is 0. The number of unbranched alkanes of at least 4 members (excludes halogenated alkanes) is 5. The summed E-state index contributed by atoms with van der Waals surface area (Å²) >= 11 is 0. The second-order valence-electron chi connectivity index (χ2n) is 3.52. The van der Waals surface area contributed by atoms with Gasteiger partial charge in [-0.1, -0.05) is 57.4 Å². The zero-order valence-corrected chi connectivity index (χ0v) is 9.38. The van der Waals surface area contributed by atoms with Crippen LogP contribution in [0.2, 0.25) is 0 Å². The van der Waals surface area contributed by atoms with Crippen molar-refractivity contribution >= 4 is 0 Å². The van der Waals surface area contributed by atoms with Crippen LogP contribution in [0.25, 0.3) is 0 Å². The molecule has 0 rings (SSSR count). The maximum absolute atomic E-state index is 3.82. The van der Waals surface area contributed by atoms with Crippen LogP contribution in [-0.2, 0) is 0 Å². The molecular formula is C14H24. The highest BCUT2D eigenvalue weighted by Crippen LogP contribution is 2.01. The quantitative estimate of drug-likeness (QED) is 0.360. The Bertz CT molecular complexity index is 142. The van der Waals surface area contributed by atoms with E-state index in [1.165, 1.54) is 32.1 Å². The fourth-order valence-electron chi connectivity index (χ4n) is 1.21. The van der Waals surface area contributed by atoms with Gasteiger partial charge in [-0.25, -0.2) is 0 Å². The van der Waals surface area contributed by atoms with Crippen LogP contribution in [0, 0.1) is 13.8 Å². The summed E-state index contributed by atoms with van der Waals surface area (Å²) in [5.74, 6) is 0. The smallest absolute Gasteiger partial charge is 0.0169 e. The van der Waals surface area contributed by atoms with E-state index in [1.807, 2.05) is 0 Å². The van der Waals surface area contributed by atoms with Crippen molar-refractivity contribution in [1.82, 2.24) is 0 Å². The van der Waals surface area contributed by atoms with Gasteiger partial charge in [0.1, 0.15) is 0 Å². The predicted octanol–water partition coefficient (Wildman–Crippen LogP) is 4.89.